The smallest absolute Gasteiger partial charge is 0.118 e. The average molecular weight is 293 g/mol. The highest BCUT2D eigenvalue weighted by Gasteiger charge is 2.53. The maximum Gasteiger partial charge on any atom is 0.118 e. The van der Waals surface area contributed by atoms with Gasteiger partial charge < -0.3 is 14.9 Å². The van der Waals surface area contributed by atoms with Crippen LogP contribution in [-0.2, 0) is 5.54 Å². The molecule has 1 atom stereocenters. The maximum atomic E-state index is 11.3. The molecule has 0 radical (unpaired) electrons. The minimum atomic E-state index is -0.905. The summed E-state index contributed by atoms with van der Waals surface area (Å²) in [4.78, 5) is 1.96. The average Bonchev–Trinajstić information content (AvgIpc) is 2.49. The number of ether oxygens (including phenoxy) is 1. The predicted molar refractivity (Wildman–Crippen MR) is 83.5 cm³/mol. The van der Waals surface area contributed by atoms with Crippen LogP contribution < -0.4 is 4.74 Å². The molecule has 2 N–H and O–H groups in total. The van der Waals surface area contributed by atoms with E-state index in [1.165, 1.54) is 0 Å². The second kappa shape index (κ2) is 6.34. The molecule has 0 unspecified atom stereocenters. The Morgan fingerprint density at radius 2 is 1.71 bits per heavy atom. The molecule has 0 aromatic heterocycles. The fourth-order valence-electron chi connectivity index (χ4n) is 3.74. The van der Waals surface area contributed by atoms with Gasteiger partial charge in [0, 0.05) is 0 Å². The van der Waals surface area contributed by atoms with Gasteiger partial charge >= 0.3 is 0 Å². The van der Waals surface area contributed by atoms with Crippen molar-refractivity contribution in [3.05, 3.63) is 29.8 Å². The van der Waals surface area contributed by atoms with Crippen LogP contribution in [0.3, 0.4) is 0 Å². The summed E-state index contributed by atoms with van der Waals surface area (Å²) in [7, 11) is 5.48. The molecule has 21 heavy (non-hydrogen) atoms. The van der Waals surface area contributed by atoms with E-state index in [0.29, 0.717) is 0 Å². The van der Waals surface area contributed by atoms with E-state index in [4.69, 9.17) is 4.74 Å². The van der Waals surface area contributed by atoms with Crippen molar-refractivity contribution in [2.45, 2.75) is 43.2 Å². The molecule has 0 spiro atoms. The van der Waals surface area contributed by atoms with E-state index in [1.54, 1.807) is 7.11 Å². The number of benzene rings is 1. The lowest BCUT2D eigenvalue weighted by atomic mass is 9.67. The lowest BCUT2D eigenvalue weighted by Crippen LogP contribution is -2.62. The first-order chi connectivity index (χ1) is 10.00. The second-order valence-corrected chi connectivity index (χ2v) is 6.23. The number of hydrogen-bond acceptors (Lipinski definition) is 4. The first-order valence-corrected chi connectivity index (χ1v) is 7.65. The van der Waals surface area contributed by atoms with Gasteiger partial charge in [-0.15, -0.1) is 0 Å². The van der Waals surface area contributed by atoms with Gasteiger partial charge in [-0.25, -0.2) is 0 Å². The van der Waals surface area contributed by atoms with E-state index in [1.807, 2.05) is 43.3 Å². The summed E-state index contributed by atoms with van der Waals surface area (Å²) in [6, 6.07) is 7.66. The third-order valence-electron chi connectivity index (χ3n) is 5.01. The van der Waals surface area contributed by atoms with Crippen molar-refractivity contribution in [2.75, 3.05) is 27.8 Å². The molecule has 0 amide bonds. The fraction of sp³-hybridized carbons (Fsp3) is 0.647. The number of likely N-dealkylation sites (N-methyl/N-ethyl adjacent to an activating group) is 1. The van der Waals surface area contributed by atoms with E-state index in [-0.39, 0.29) is 6.61 Å². The molecule has 1 aliphatic carbocycles. The number of aliphatic hydroxyl groups excluding tert-OH is 1. The Hall–Kier alpha value is -1.10. The zero-order valence-electron chi connectivity index (χ0n) is 13.3. The zero-order valence-corrected chi connectivity index (χ0v) is 13.3. The largest absolute Gasteiger partial charge is 0.497 e. The minimum Gasteiger partial charge on any atom is -0.497 e. The molecule has 0 heterocycles. The highest BCUT2D eigenvalue weighted by Crippen LogP contribution is 2.45. The van der Waals surface area contributed by atoms with Crippen molar-refractivity contribution in [2.24, 2.45) is 0 Å². The van der Waals surface area contributed by atoms with Crippen LogP contribution in [0.1, 0.15) is 37.7 Å². The van der Waals surface area contributed by atoms with Crippen LogP contribution in [0, 0.1) is 0 Å². The molecule has 1 aromatic carbocycles. The molecule has 4 nitrogen and oxygen atoms in total. The molecule has 1 aliphatic rings. The quantitative estimate of drug-likeness (QED) is 0.873. The van der Waals surface area contributed by atoms with Crippen molar-refractivity contribution >= 4 is 0 Å². The first kappa shape index (κ1) is 16.3. The summed E-state index contributed by atoms with van der Waals surface area (Å²) in [6.45, 7) is -0.108. The van der Waals surface area contributed by atoms with Gasteiger partial charge in [0.2, 0.25) is 0 Å². The molecule has 0 aliphatic heterocycles. The topological polar surface area (TPSA) is 52.9 Å². The predicted octanol–water partition coefficient (Wildman–Crippen LogP) is 2.14. The van der Waals surface area contributed by atoms with Gasteiger partial charge in [-0.2, -0.15) is 0 Å². The normalized spacial score (nSPS) is 21.0. The summed E-state index contributed by atoms with van der Waals surface area (Å²) >= 11 is 0. The monoisotopic (exact) mass is 293 g/mol. The summed E-state index contributed by atoms with van der Waals surface area (Å²) in [5.74, 6) is 0.778. The Balaban J connectivity index is 2.49. The molecular formula is C17H27NO3. The van der Waals surface area contributed by atoms with E-state index in [0.717, 1.165) is 43.4 Å². The van der Waals surface area contributed by atoms with Crippen molar-refractivity contribution in [1.82, 2.24) is 4.90 Å². The third kappa shape index (κ3) is 2.68. The van der Waals surface area contributed by atoms with Gasteiger partial charge in [0.25, 0.3) is 0 Å². The van der Waals surface area contributed by atoms with Crippen molar-refractivity contribution in [3.63, 3.8) is 0 Å². The summed E-state index contributed by atoms with van der Waals surface area (Å²) in [5, 5.41) is 21.5. The van der Waals surface area contributed by atoms with Gasteiger partial charge in [0.15, 0.2) is 0 Å². The first-order valence-electron chi connectivity index (χ1n) is 7.65. The van der Waals surface area contributed by atoms with Gasteiger partial charge in [-0.05, 0) is 44.6 Å². The summed E-state index contributed by atoms with van der Waals surface area (Å²) < 4.78 is 5.21. The second-order valence-electron chi connectivity index (χ2n) is 6.23. The van der Waals surface area contributed by atoms with Crippen LogP contribution in [0.2, 0.25) is 0 Å². The fourth-order valence-corrected chi connectivity index (χ4v) is 3.74. The van der Waals surface area contributed by atoms with Gasteiger partial charge in [0.1, 0.15) is 5.75 Å². The summed E-state index contributed by atoms with van der Waals surface area (Å²) in [6.07, 6.45) is 4.60. The van der Waals surface area contributed by atoms with Crippen LogP contribution in [0.15, 0.2) is 24.3 Å². The number of nitrogens with zero attached hydrogens (tertiary/aromatic N) is 1. The van der Waals surface area contributed by atoms with E-state index in [2.05, 4.69) is 0 Å². The van der Waals surface area contributed by atoms with E-state index in [9.17, 15) is 10.2 Å². The van der Waals surface area contributed by atoms with E-state index < -0.39 is 11.1 Å². The van der Waals surface area contributed by atoms with Crippen molar-refractivity contribution < 1.29 is 14.9 Å². The highest BCUT2D eigenvalue weighted by molar-refractivity contribution is 5.35. The SMILES string of the molecule is COc1ccc([C@](CO)(N(C)C)C2(O)CCCCC2)cc1. The molecule has 118 valence electrons. The number of rotatable bonds is 5. The zero-order chi connectivity index (χ0) is 15.5. The number of hydrogen-bond donors (Lipinski definition) is 2. The van der Waals surface area contributed by atoms with Crippen molar-refractivity contribution in [3.8, 4) is 5.75 Å². The molecule has 1 saturated carbocycles. The molecule has 4 heteroatoms. The van der Waals surface area contributed by atoms with Crippen LogP contribution in [0.5, 0.6) is 5.75 Å². The number of methoxy groups -OCH3 is 1. The lowest BCUT2D eigenvalue weighted by molar-refractivity contribution is -0.145. The Kier molecular flexibility index (Phi) is 4.91. The Morgan fingerprint density at radius 1 is 1.14 bits per heavy atom. The third-order valence-corrected chi connectivity index (χ3v) is 5.01. The Labute approximate surface area is 127 Å². The lowest BCUT2D eigenvalue weighted by Gasteiger charge is -2.52. The van der Waals surface area contributed by atoms with Crippen LogP contribution >= 0.6 is 0 Å². The Morgan fingerprint density at radius 3 is 2.14 bits per heavy atom. The molecule has 1 aromatic rings. The number of aliphatic hydroxyl groups is 2. The van der Waals surface area contributed by atoms with Crippen LogP contribution in [-0.4, -0.2) is 48.5 Å². The molecule has 1 fully saturated rings. The molecule has 2 rings (SSSR count). The minimum absolute atomic E-state index is 0.108. The van der Waals surface area contributed by atoms with Gasteiger partial charge in [0.05, 0.1) is 24.9 Å². The van der Waals surface area contributed by atoms with Crippen LogP contribution in [0.25, 0.3) is 0 Å². The van der Waals surface area contributed by atoms with Crippen LogP contribution in [0.4, 0.5) is 0 Å². The molecule has 0 bridgehead atoms. The summed E-state index contributed by atoms with van der Waals surface area (Å²) in [5.41, 5.74) is -0.752. The highest BCUT2D eigenvalue weighted by atomic mass is 16.5. The van der Waals surface area contributed by atoms with Crippen molar-refractivity contribution in [1.29, 1.82) is 0 Å². The standard InChI is InChI=1S/C17H27NO3/c1-18(2)17(13-19,16(20)11-5-4-6-12-16)14-7-9-15(21-3)10-8-14/h7-10,19-20H,4-6,11-13H2,1-3H3/t17-/m0/s1. The maximum absolute atomic E-state index is 11.3. The van der Waals surface area contributed by atoms with Gasteiger partial charge in [-0.3, -0.25) is 4.90 Å². The molecule has 0 saturated heterocycles. The van der Waals surface area contributed by atoms with E-state index >= 15 is 0 Å². The van der Waals surface area contributed by atoms with Gasteiger partial charge in [-0.1, -0.05) is 31.4 Å². The molecular weight excluding hydrogens is 266 g/mol. The Bertz CT molecular complexity index is 452.